The second-order valence-corrected chi connectivity index (χ2v) is 10.0. The summed E-state index contributed by atoms with van der Waals surface area (Å²) in [6.45, 7) is 5.57. The summed E-state index contributed by atoms with van der Waals surface area (Å²) in [6.07, 6.45) is 3.85. The van der Waals surface area contributed by atoms with Crippen LogP contribution in [0, 0.1) is 16.7 Å². The minimum Gasteiger partial charge on any atom is -0.376 e. The second kappa shape index (κ2) is 8.87. The van der Waals surface area contributed by atoms with Crippen molar-refractivity contribution in [3.63, 3.8) is 0 Å². The van der Waals surface area contributed by atoms with Crippen LogP contribution in [-0.4, -0.2) is 78.3 Å². The van der Waals surface area contributed by atoms with Crippen molar-refractivity contribution >= 4 is 34.2 Å². The number of piperidine rings is 1. The van der Waals surface area contributed by atoms with Gasteiger partial charge in [-0.1, -0.05) is 0 Å². The number of nitrogens with zero attached hydrogens (tertiary/aromatic N) is 7. The quantitative estimate of drug-likeness (QED) is 0.566. The molecular formula is C25H30FN9O. The highest BCUT2D eigenvalue weighted by molar-refractivity contribution is 5.90. The molecule has 3 aliphatic heterocycles. The smallest absolute Gasteiger partial charge is 0.183 e. The van der Waals surface area contributed by atoms with E-state index in [9.17, 15) is 9.65 Å². The van der Waals surface area contributed by atoms with E-state index >= 15 is 0 Å². The van der Waals surface area contributed by atoms with Crippen LogP contribution in [0.2, 0.25) is 0 Å². The molecule has 3 N–H and O–H groups in total. The number of anilines is 4. The molecule has 2 saturated heterocycles. The Morgan fingerprint density at radius 3 is 2.81 bits per heavy atom. The highest BCUT2D eigenvalue weighted by Gasteiger charge is 2.47. The lowest BCUT2D eigenvalue weighted by Gasteiger charge is -2.41. The minimum absolute atomic E-state index is 0.0533. The second-order valence-electron chi connectivity index (χ2n) is 10.0. The standard InChI is InChI=1S/C25H30FN9O/c1-16-22(28)25(15-36-16)4-7-34(8-5-25)20-14-29-21-23(30-20)31-32-24(21)35-11-10-33(9-6-26)19-12-17(13-27)2-3-18(19)35/h2-3,12,14,16,22H,4-11,15,28H2,1H3,(H,30,31,32)/t16-,22+/m0/s1. The molecule has 2 aromatic heterocycles. The summed E-state index contributed by atoms with van der Waals surface area (Å²) in [4.78, 5) is 15.9. The van der Waals surface area contributed by atoms with Crippen molar-refractivity contribution in [2.75, 3.05) is 60.7 Å². The van der Waals surface area contributed by atoms with E-state index in [1.807, 2.05) is 17.2 Å². The Hall–Kier alpha value is -3.49. The molecule has 0 aliphatic carbocycles. The van der Waals surface area contributed by atoms with E-state index in [-0.39, 0.29) is 24.1 Å². The van der Waals surface area contributed by atoms with Gasteiger partial charge in [-0.05, 0) is 38.0 Å². The number of hydrogen-bond donors (Lipinski definition) is 2. The summed E-state index contributed by atoms with van der Waals surface area (Å²) in [5.74, 6) is 1.50. The number of nitrogens with two attached hydrogens (primary N) is 1. The molecule has 188 valence electrons. The first-order chi connectivity index (χ1) is 17.5. The van der Waals surface area contributed by atoms with Crippen LogP contribution in [0.4, 0.5) is 27.4 Å². The fourth-order valence-corrected chi connectivity index (χ4v) is 5.87. The number of rotatable bonds is 4. The van der Waals surface area contributed by atoms with Crippen molar-refractivity contribution in [1.82, 2.24) is 20.2 Å². The van der Waals surface area contributed by atoms with Crippen molar-refractivity contribution in [2.45, 2.75) is 31.9 Å². The fraction of sp³-hybridized carbons (Fsp3) is 0.520. The van der Waals surface area contributed by atoms with Gasteiger partial charge in [-0.15, -0.1) is 0 Å². The molecule has 2 fully saturated rings. The molecule has 36 heavy (non-hydrogen) atoms. The summed E-state index contributed by atoms with van der Waals surface area (Å²) in [6, 6.07) is 7.72. The molecule has 10 nitrogen and oxygen atoms in total. The summed E-state index contributed by atoms with van der Waals surface area (Å²) in [5, 5.41) is 17.0. The third-order valence-electron chi connectivity index (χ3n) is 8.11. The molecule has 0 radical (unpaired) electrons. The van der Waals surface area contributed by atoms with Gasteiger partial charge in [-0.25, -0.2) is 14.4 Å². The highest BCUT2D eigenvalue weighted by atomic mass is 19.1. The molecule has 3 aliphatic rings. The average Bonchev–Trinajstić information content (AvgIpc) is 3.45. The van der Waals surface area contributed by atoms with Gasteiger partial charge in [0.2, 0.25) is 0 Å². The zero-order valence-electron chi connectivity index (χ0n) is 20.3. The van der Waals surface area contributed by atoms with E-state index in [0.29, 0.717) is 35.6 Å². The molecule has 1 spiro atoms. The van der Waals surface area contributed by atoms with Gasteiger partial charge in [0.1, 0.15) is 12.5 Å². The van der Waals surface area contributed by atoms with E-state index in [1.165, 1.54) is 0 Å². The van der Waals surface area contributed by atoms with Gasteiger partial charge in [0.05, 0.1) is 41.9 Å². The first kappa shape index (κ1) is 22.9. The lowest BCUT2D eigenvalue weighted by Crippen LogP contribution is -2.50. The number of hydrogen-bond acceptors (Lipinski definition) is 9. The maximum Gasteiger partial charge on any atom is 0.183 e. The number of nitrogens with one attached hydrogen (secondary N) is 1. The first-order valence-corrected chi connectivity index (χ1v) is 12.5. The molecule has 0 unspecified atom stereocenters. The van der Waals surface area contributed by atoms with Gasteiger partial charge in [0.15, 0.2) is 17.0 Å². The van der Waals surface area contributed by atoms with Crippen LogP contribution < -0.4 is 20.4 Å². The molecule has 3 aromatic rings. The van der Waals surface area contributed by atoms with E-state index in [2.05, 4.69) is 33.0 Å². The van der Waals surface area contributed by atoms with Crippen molar-refractivity contribution in [1.29, 1.82) is 5.26 Å². The zero-order chi connectivity index (χ0) is 24.9. The lowest BCUT2D eigenvalue weighted by molar-refractivity contribution is 0.0974. The number of benzene rings is 1. The van der Waals surface area contributed by atoms with Crippen LogP contribution in [0.15, 0.2) is 24.4 Å². The molecule has 2 atom stereocenters. The topological polar surface area (TPSA) is 123 Å². The molecule has 0 saturated carbocycles. The number of alkyl halides is 1. The number of aromatic nitrogens is 4. The summed E-state index contributed by atoms with van der Waals surface area (Å²) in [5.41, 5.74) is 10.1. The van der Waals surface area contributed by atoms with Crippen LogP contribution in [0.25, 0.3) is 11.2 Å². The maximum atomic E-state index is 13.2. The Kier molecular flexibility index (Phi) is 5.65. The SMILES string of the molecule is C[C@@H]1OCC2(CCN(c3cnc4c(N5CCN(CCF)c6cc(C#N)ccc65)n[nH]c4n3)CC2)[C@@H]1N. The van der Waals surface area contributed by atoms with Gasteiger partial charge >= 0.3 is 0 Å². The van der Waals surface area contributed by atoms with Crippen LogP contribution in [-0.2, 0) is 4.74 Å². The fourth-order valence-electron chi connectivity index (χ4n) is 5.87. The molecular weight excluding hydrogens is 461 g/mol. The van der Waals surface area contributed by atoms with E-state index < -0.39 is 6.67 Å². The normalized spacial score (nSPS) is 23.3. The van der Waals surface area contributed by atoms with Gasteiger partial charge in [-0.3, -0.25) is 5.10 Å². The van der Waals surface area contributed by atoms with Gasteiger partial charge < -0.3 is 25.2 Å². The van der Waals surface area contributed by atoms with Crippen LogP contribution in [0.1, 0.15) is 25.3 Å². The Morgan fingerprint density at radius 2 is 2.08 bits per heavy atom. The monoisotopic (exact) mass is 491 g/mol. The number of nitriles is 1. The average molecular weight is 492 g/mol. The number of H-pyrrole nitrogens is 1. The minimum atomic E-state index is -0.453. The largest absolute Gasteiger partial charge is 0.376 e. The van der Waals surface area contributed by atoms with Crippen molar-refractivity contribution < 1.29 is 9.13 Å². The molecule has 6 rings (SSSR count). The van der Waals surface area contributed by atoms with Crippen molar-refractivity contribution in [3.05, 3.63) is 30.0 Å². The van der Waals surface area contributed by atoms with Crippen LogP contribution >= 0.6 is 0 Å². The maximum absolute atomic E-state index is 13.2. The van der Waals surface area contributed by atoms with E-state index in [4.69, 9.17) is 20.4 Å². The van der Waals surface area contributed by atoms with E-state index in [0.717, 1.165) is 49.7 Å². The predicted octanol–water partition coefficient (Wildman–Crippen LogP) is 2.48. The van der Waals surface area contributed by atoms with Crippen molar-refractivity contribution in [2.24, 2.45) is 11.1 Å². The van der Waals surface area contributed by atoms with Crippen molar-refractivity contribution in [3.8, 4) is 6.07 Å². The van der Waals surface area contributed by atoms with Crippen LogP contribution in [0.5, 0.6) is 0 Å². The summed E-state index contributed by atoms with van der Waals surface area (Å²) < 4.78 is 19.0. The number of halogens is 1. The lowest BCUT2D eigenvalue weighted by atomic mass is 9.73. The number of fused-ring (bicyclic) bond motifs is 2. The first-order valence-electron chi connectivity index (χ1n) is 12.5. The zero-order valence-corrected chi connectivity index (χ0v) is 20.3. The molecule has 0 amide bonds. The Morgan fingerprint density at radius 1 is 1.25 bits per heavy atom. The highest BCUT2D eigenvalue weighted by Crippen LogP contribution is 2.42. The Balaban J connectivity index is 1.26. The molecule has 11 heteroatoms. The van der Waals surface area contributed by atoms with Gasteiger partial charge in [-0.2, -0.15) is 10.4 Å². The van der Waals surface area contributed by atoms with Gasteiger partial charge in [0.25, 0.3) is 0 Å². The Labute approximate surface area is 208 Å². The van der Waals surface area contributed by atoms with Crippen LogP contribution in [0.3, 0.4) is 0 Å². The summed E-state index contributed by atoms with van der Waals surface area (Å²) in [7, 11) is 0. The Bertz CT molecular complexity index is 1310. The third kappa shape index (κ3) is 3.63. The molecule has 0 bridgehead atoms. The summed E-state index contributed by atoms with van der Waals surface area (Å²) >= 11 is 0. The third-order valence-corrected chi connectivity index (χ3v) is 8.11. The van der Waals surface area contributed by atoms with E-state index in [1.54, 1.807) is 12.1 Å². The number of aromatic amines is 1. The molecule has 5 heterocycles. The predicted molar refractivity (Wildman–Crippen MR) is 135 cm³/mol. The number of ether oxygens (including phenoxy) is 1. The molecule has 1 aromatic carbocycles. The van der Waals surface area contributed by atoms with Gasteiger partial charge in [0, 0.05) is 44.2 Å².